The number of nitrogens with two attached hydrogens (primary N) is 1. The van der Waals surface area contributed by atoms with Crippen LogP contribution in [0.5, 0.6) is 0 Å². The molecule has 0 aliphatic carbocycles. The molecule has 0 radical (unpaired) electrons. The van der Waals surface area contributed by atoms with Crippen LogP contribution >= 0.6 is 27.3 Å². The largest absolute Gasteiger partial charge is 0.271 e. The monoisotopic (exact) mass is 311 g/mol. The van der Waals surface area contributed by atoms with Gasteiger partial charge < -0.3 is 0 Å². The van der Waals surface area contributed by atoms with Gasteiger partial charge in [0.25, 0.3) is 0 Å². The minimum absolute atomic E-state index is 0.0760. The SMILES string of the molecule is Cc1nc(CC(NN)c2ccccc2Br)cs1. The predicted molar refractivity (Wildman–Crippen MR) is 74.8 cm³/mol. The zero-order valence-electron chi connectivity index (χ0n) is 9.48. The van der Waals surface area contributed by atoms with E-state index in [-0.39, 0.29) is 6.04 Å². The number of aromatic nitrogens is 1. The van der Waals surface area contributed by atoms with E-state index in [9.17, 15) is 0 Å². The summed E-state index contributed by atoms with van der Waals surface area (Å²) in [6.45, 7) is 2.01. The summed E-state index contributed by atoms with van der Waals surface area (Å²) in [7, 11) is 0. The first-order valence-corrected chi connectivity index (χ1v) is 6.99. The highest BCUT2D eigenvalue weighted by Crippen LogP contribution is 2.25. The quantitative estimate of drug-likeness (QED) is 0.674. The van der Waals surface area contributed by atoms with E-state index in [1.54, 1.807) is 11.3 Å². The molecular weight excluding hydrogens is 298 g/mol. The third-order valence-electron chi connectivity index (χ3n) is 2.56. The summed E-state index contributed by atoms with van der Waals surface area (Å²) < 4.78 is 1.06. The Bertz CT molecular complexity index is 498. The molecule has 0 fully saturated rings. The van der Waals surface area contributed by atoms with Gasteiger partial charge in [-0.1, -0.05) is 34.1 Å². The summed E-state index contributed by atoms with van der Waals surface area (Å²) in [5, 5.41) is 3.17. The molecule has 1 aromatic carbocycles. The number of rotatable bonds is 4. The van der Waals surface area contributed by atoms with Crippen molar-refractivity contribution in [3.63, 3.8) is 0 Å². The van der Waals surface area contributed by atoms with Gasteiger partial charge in [-0.25, -0.2) is 4.98 Å². The van der Waals surface area contributed by atoms with Gasteiger partial charge in [-0.05, 0) is 18.6 Å². The van der Waals surface area contributed by atoms with Gasteiger partial charge in [-0.3, -0.25) is 11.3 Å². The fourth-order valence-corrected chi connectivity index (χ4v) is 2.91. The molecule has 2 aromatic rings. The summed E-state index contributed by atoms with van der Waals surface area (Å²) >= 11 is 5.21. The molecule has 17 heavy (non-hydrogen) atoms. The molecule has 2 rings (SSSR count). The average Bonchev–Trinajstić information content (AvgIpc) is 2.73. The first-order valence-electron chi connectivity index (χ1n) is 5.32. The van der Waals surface area contributed by atoms with E-state index in [1.807, 2.05) is 25.1 Å². The Balaban J connectivity index is 2.20. The van der Waals surface area contributed by atoms with Crippen molar-refractivity contribution in [1.82, 2.24) is 10.4 Å². The van der Waals surface area contributed by atoms with Gasteiger partial charge in [0.2, 0.25) is 0 Å². The summed E-state index contributed by atoms with van der Waals surface area (Å²) in [6.07, 6.45) is 0.795. The molecule has 0 aliphatic heterocycles. The number of hydrazine groups is 1. The fraction of sp³-hybridized carbons (Fsp3) is 0.250. The maximum atomic E-state index is 5.63. The van der Waals surface area contributed by atoms with E-state index in [0.717, 1.165) is 27.2 Å². The van der Waals surface area contributed by atoms with Crippen molar-refractivity contribution in [2.45, 2.75) is 19.4 Å². The van der Waals surface area contributed by atoms with Gasteiger partial charge in [0.05, 0.1) is 16.7 Å². The first-order chi connectivity index (χ1) is 8.20. The lowest BCUT2D eigenvalue weighted by atomic mass is 10.0. The second-order valence-electron chi connectivity index (χ2n) is 3.80. The minimum atomic E-state index is 0.0760. The summed E-state index contributed by atoms with van der Waals surface area (Å²) in [5.41, 5.74) is 5.08. The molecule has 0 saturated carbocycles. The van der Waals surface area contributed by atoms with E-state index in [4.69, 9.17) is 5.84 Å². The Morgan fingerprint density at radius 3 is 2.82 bits per heavy atom. The summed E-state index contributed by atoms with van der Waals surface area (Å²) in [4.78, 5) is 4.46. The standard InChI is InChI=1S/C12H14BrN3S/c1-8-15-9(7-17-8)6-12(16-14)10-4-2-3-5-11(10)13/h2-5,7,12,16H,6,14H2,1H3. The second kappa shape index (κ2) is 5.73. The molecule has 3 N–H and O–H groups in total. The van der Waals surface area contributed by atoms with Crippen LogP contribution in [0.2, 0.25) is 0 Å². The summed E-state index contributed by atoms with van der Waals surface area (Å²) in [6, 6.07) is 8.16. The van der Waals surface area contributed by atoms with Crippen molar-refractivity contribution in [3.05, 3.63) is 50.4 Å². The number of benzene rings is 1. The van der Waals surface area contributed by atoms with Crippen LogP contribution in [0.4, 0.5) is 0 Å². The highest BCUT2D eigenvalue weighted by Gasteiger charge is 2.14. The van der Waals surface area contributed by atoms with Crippen molar-refractivity contribution in [2.24, 2.45) is 5.84 Å². The topological polar surface area (TPSA) is 50.9 Å². The molecule has 0 bridgehead atoms. The predicted octanol–water partition coefficient (Wildman–Crippen LogP) is 2.96. The number of aryl methyl sites for hydroxylation is 1. The molecule has 5 heteroatoms. The lowest BCUT2D eigenvalue weighted by molar-refractivity contribution is 0.545. The maximum absolute atomic E-state index is 5.63. The van der Waals surface area contributed by atoms with E-state index >= 15 is 0 Å². The van der Waals surface area contributed by atoms with Crippen LogP contribution < -0.4 is 11.3 Å². The van der Waals surface area contributed by atoms with Gasteiger partial charge in [-0.15, -0.1) is 11.3 Å². The third kappa shape index (κ3) is 3.13. The van der Waals surface area contributed by atoms with E-state index in [1.165, 1.54) is 0 Å². The third-order valence-corrected chi connectivity index (χ3v) is 4.11. The molecule has 1 atom stereocenters. The Morgan fingerprint density at radius 2 is 2.24 bits per heavy atom. The average molecular weight is 312 g/mol. The second-order valence-corrected chi connectivity index (χ2v) is 5.72. The van der Waals surface area contributed by atoms with Gasteiger partial charge in [0, 0.05) is 16.3 Å². The van der Waals surface area contributed by atoms with Gasteiger partial charge >= 0.3 is 0 Å². The van der Waals surface area contributed by atoms with Crippen molar-refractivity contribution < 1.29 is 0 Å². The van der Waals surface area contributed by atoms with Crippen LogP contribution in [-0.4, -0.2) is 4.98 Å². The van der Waals surface area contributed by atoms with Crippen LogP contribution in [0.1, 0.15) is 22.3 Å². The molecule has 1 heterocycles. The molecule has 90 valence electrons. The maximum Gasteiger partial charge on any atom is 0.0897 e. The van der Waals surface area contributed by atoms with Crippen LogP contribution in [-0.2, 0) is 6.42 Å². The zero-order valence-corrected chi connectivity index (χ0v) is 11.9. The van der Waals surface area contributed by atoms with Crippen LogP contribution in [0.3, 0.4) is 0 Å². The molecule has 0 spiro atoms. The van der Waals surface area contributed by atoms with Crippen molar-refractivity contribution in [2.75, 3.05) is 0 Å². The smallest absolute Gasteiger partial charge is 0.0897 e. The summed E-state index contributed by atoms with van der Waals surface area (Å²) in [5.74, 6) is 5.63. The Labute approximate surface area is 113 Å². The molecule has 3 nitrogen and oxygen atoms in total. The van der Waals surface area contributed by atoms with Gasteiger partial charge in [-0.2, -0.15) is 0 Å². The van der Waals surface area contributed by atoms with Crippen molar-refractivity contribution >= 4 is 27.3 Å². The highest BCUT2D eigenvalue weighted by atomic mass is 79.9. The number of nitrogens with one attached hydrogen (secondary N) is 1. The van der Waals surface area contributed by atoms with Crippen molar-refractivity contribution in [3.8, 4) is 0 Å². The minimum Gasteiger partial charge on any atom is -0.271 e. The Kier molecular flexibility index (Phi) is 4.28. The normalized spacial score (nSPS) is 12.6. The number of thiazole rings is 1. The Morgan fingerprint density at radius 1 is 1.47 bits per heavy atom. The molecule has 1 unspecified atom stereocenters. The lowest BCUT2D eigenvalue weighted by Gasteiger charge is -2.16. The molecule has 1 aromatic heterocycles. The van der Waals surface area contributed by atoms with E-state index in [2.05, 4.69) is 37.8 Å². The first kappa shape index (κ1) is 12.7. The molecular formula is C12H14BrN3S. The molecule has 0 aliphatic rings. The van der Waals surface area contributed by atoms with Crippen LogP contribution in [0, 0.1) is 6.92 Å². The van der Waals surface area contributed by atoms with Gasteiger partial charge in [0.1, 0.15) is 0 Å². The molecule has 0 amide bonds. The number of hydrogen-bond acceptors (Lipinski definition) is 4. The Hall–Kier alpha value is -0.750. The van der Waals surface area contributed by atoms with Crippen LogP contribution in [0.25, 0.3) is 0 Å². The van der Waals surface area contributed by atoms with Crippen molar-refractivity contribution in [1.29, 1.82) is 0 Å². The van der Waals surface area contributed by atoms with E-state index in [0.29, 0.717) is 0 Å². The van der Waals surface area contributed by atoms with Crippen LogP contribution in [0.15, 0.2) is 34.1 Å². The zero-order chi connectivity index (χ0) is 12.3. The van der Waals surface area contributed by atoms with E-state index < -0.39 is 0 Å². The lowest BCUT2D eigenvalue weighted by Crippen LogP contribution is -2.29. The fourth-order valence-electron chi connectivity index (χ4n) is 1.73. The number of halogens is 1. The van der Waals surface area contributed by atoms with Gasteiger partial charge in [0.15, 0.2) is 0 Å². The molecule has 0 saturated heterocycles. The number of nitrogens with zero attached hydrogens (tertiary/aromatic N) is 1. The highest BCUT2D eigenvalue weighted by molar-refractivity contribution is 9.10. The number of hydrogen-bond donors (Lipinski definition) is 2.